The smallest absolute Gasteiger partial charge is 0.331 e. The highest BCUT2D eigenvalue weighted by molar-refractivity contribution is 9.10. The molecule has 0 spiro atoms. The van der Waals surface area contributed by atoms with Gasteiger partial charge in [-0.1, -0.05) is 22.9 Å². The van der Waals surface area contributed by atoms with Crippen LogP contribution < -0.4 is 5.32 Å². The van der Waals surface area contributed by atoms with Crippen molar-refractivity contribution in [3.63, 3.8) is 0 Å². The third-order valence-electron chi connectivity index (χ3n) is 2.57. The fourth-order valence-electron chi connectivity index (χ4n) is 1.46. The van der Waals surface area contributed by atoms with E-state index in [-0.39, 0.29) is 11.5 Å². The van der Waals surface area contributed by atoms with Gasteiger partial charge in [-0.3, -0.25) is 4.79 Å². The first-order valence-corrected chi connectivity index (χ1v) is 7.34. The lowest BCUT2D eigenvalue weighted by Gasteiger charge is -2.11. The first-order chi connectivity index (χ1) is 9.93. The summed E-state index contributed by atoms with van der Waals surface area (Å²) in [4.78, 5) is 23.1. The SMILES string of the molecule is CCCNC(=O)C(C)OC(=O)/C=C/c1cc(Br)ccc1F. The van der Waals surface area contributed by atoms with E-state index in [2.05, 4.69) is 21.2 Å². The quantitative estimate of drug-likeness (QED) is 0.628. The molecule has 1 N–H and O–H groups in total. The van der Waals surface area contributed by atoms with Crippen LogP contribution >= 0.6 is 15.9 Å². The van der Waals surface area contributed by atoms with E-state index in [1.807, 2.05) is 6.92 Å². The van der Waals surface area contributed by atoms with Crippen molar-refractivity contribution in [1.29, 1.82) is 0 Å². The molecule has 114 valence electrons. The molecule has 1 unspecified atom stereocenters. The van der Waals surface area contributed by atoms with Crippen LogP contribution in [0.15, 0.2) is 28.7 Å². The lowest BCUT2D eigenvalue weighted by Crippen LogP contribution is -2.35. The first-order valence-electron chi connectivity index (χ1n) is 6.55. The fraction of sp³-hybridized carbons (Fsp3) is 0.333. The third kappa shape index (κ3) is 6.08. The molecule has 0 aliphatic rings. The first kappa shape index (κ1) is 17.4. The molecule has 4 nitrogen and oxygen atoms in total. The van der Waals surface area contributed by atoms with Crippen LogP contribution in [0, 0.1) is 5.82 Å². The summed E-state index contributed by atoms with van der Waals surface area (Å²) in [6.45, 7) is 3.93. The molecule has 1 rings (SSSR count). The van der Waals surface area contributed by atoms with Crippen molar-refractivity contribution in [3.8, 4) is 0 Å². The van der Waals surface area contributed by atoms with Crippen molar-refractivity contribution in [3.05, 3.63) is 40.1 Å². The number of carbonyl (C=O) groups is 2. The minimum absolute atomic E-state index is 0.254. The Morgan fingerprint density at radius 3 is 2.86 bits per heavy atom. The summed E-state index contributed by atoms with van der Waals surface area (Å²) in [6, 6.07) is 4.39. The van der Waals surface area contributed by atoms with Crippen LogP contribution in [0.2, 0.25) is 0 Å². The van der Waals surface area contributed by atoms with Crippen molar-refractivity contribution in [1.82, 2.24) is 5.32 Å². The molecule has 0 radical (unpaired) electrons. The Morgan fingerprint density at radius 2 is 2.19 bits per heavy atom. The molecule has 0 aliphatic carbocycles. The van der Waals surface area contributed by atoms with E-state index in [0.29, 0.717) is 11.0 Å². The Bertz CT molecular complexity index is 546. The number of esters is 1. The lowest BCUT2D eigenvalue weighted by atomic mass is 10.2. The predicted molar refractivity (Wildman–Crippen MR) is 82.0 cm³/mol. The third-order valence-corrected chi connectivity index (χ3v) is 3.06. The van der Waals surface area contributed by atoms with E-state index in [9.17, 15) is 14.0 Å². The van der Waals surface area contributed by atoms with Crippen LogP contribution in [0.5, 0.6) is 0 Å². The molecule has 0 saturated heterocycles. The monoisotopic (exact) mass is 357 g/mol. The van der Waals surface area contributed by atoms with Gasteiger partial charge in [0.2, 0.25) is 0 Å². The van der Waals surface area contributed by atoms with Gasteiger partial charge in [0.25, 0.3) is 5.91 Å². The normalized spacial score (nSPS) is 12.2. The van der Waals surface area contributed by atoms with E-state index < -0.39 is 17.9 Å². The number of hydrogen-bond acceptors (Lipinski definition) is 3. The molecule has 1 aromatic carbocycles. The number of nitrogens with one attached hydrogen (secondary N) is 1. The van der Waals surface area contributed by atoms with Gasteiger partial charge in [-0.05, 0) is 37.6 Å². The van der Waals surface area contributed by atoms with Gasteiger partial charge in [0.1, 0.15) is 5.82 Å². The summed E-state index contributed by atoms with van der Waals surface area (Å²) < 4.78 is 19.1. The Morgan fingerprint density at radius 1 is 1.48 bits per heavy atom. The molecule has 6 heteroatoms. The maximum absolute atomic E-state index is 13.5. The van der Waals surface area contributed by atoms with E-state index in [1.165, 1.54) is 25.1 Å². The summed E-state index contributed by atoms with van der Waals surface area (Å²) >= 11 is 3.22. The molecule has 1 amide bonds. The highest BCUT2D eigenvalue weighted by Gasteiger charge is 2.15. The number of carbonyl (C=O) groups excluding carboxylic acids is 2. The summed E-state index contributed by atoms with van der Waals surface area (Å²) in [5.41, 5.74) is 0.254. The van der Waals surface area contributed by atoms with Crippen LogP contribution in [0.1, 0.15) is 25.8 Å². The number of benzene rings is 1. The Balaban J connectivity index is 2.58. The van der Waals surface area contributed by atoms with Gasteiger partial charge in [-0.25, -0.2) is 9.18 Å². The summed E-state index contributed by atoms with van der Waals surface area (Å²) in [6.07, 6.45) is 2.31. The molecule has 0 fully saturated rings. The molecule has 21 heavy (non-hydrogen) atoms. The highest BCUT2D eigenvalue weighted by Crippen LogP contribution is 2.16. The maximum atomic E-state index is 13.5. The van der Waals surface area contributed by atoms with Gasteiger partial charge in [-0.2, -0.15) is 0 Å². The molecule has 0 aromatic heterocycles. The zero-order valence-electron chi connectivity index (χ0n) is 11.9. The Labute approximate surface area is 131 Å². The van der Waals surface area contributed by atoms with Gasteiger partial charge >= 0.3 is 5.97 Å². The fourth-order valence-corrected chi connectivity index (χ4v) is 1.84. The summed E-state index contributed by atoms with van der Waals surface area (Å²) in [5, 5.41) is 2.62. The van der Waals surface area contributed by atoms with Crippen molar-refractivity contribution in [2.24, 2.45) is 0 Å². The summed E-state index contributed by atoms with van der Waals surface area (Å²) in [5.74, 6) is -1.50. The van der Waals surface area contributed by atoms with Crippen LogP contribution in [0.25, 0.3) is 6.08 Å². The van der Waals surface area contributed by atoms with Gasteiger partial charge < -0.3 is 10.1 Å². The second kappa shape index (κ2) is 8.56. The number of halogens is 2. The number of ether oxygens (including phenoxy) is 1. The molecule has 1 aromatic rings. The van der Waals surface area contributed by atoms with E-state index in [4.69, 9.17) is 4.74 Å². The van der Waals surface area contributed by atoms with Gasteiger partial charge in [0, 0.05) is 22.7 Å². The van der Waals surface area contributed by atoms with Crippen LogP contribution in [-0.2, 0) is 14.3 Å². The largest absolute Gasteiger partial charge is 0.449 e. The van der Waals surface area contributed by atoms with Crippen molar-refractivity contribution < 1.29 is 18.7 Å². The van der Waals surface area contributed by atoms with Gasteiger partial charge in [0.15, 0.2) is 6.10 Å². The number of hydrogen-bond donors (Lipinski definition) is 1. The van der Waals surface area contributed by atoms with Crippen LogP contribution in [0.3, 0.4) is 0 Å². The second-order valence-corrected chi connectivity index (χ2v) is 5.28. The Hall–Kier alpha value is -1.69. The molecule has 0 aliphatic heterocycles. The molecule has 0 bridgehead atoms. The van der Waals surface area contributed by atoms with Crippen LogP contribution in [0.4, 0.5) is 4.39 Å². The zero-order chi connectivity index (χ0) is 15.8. The van der Waals surface area contributed by atoms with E-state index in [0.717, 1.165) is 12.5 Å². The highest BCUT2D eigenvalue weighted by atomic mass is 79.9. The predicted octanol–water partition coefficient (Wildman–Crippen LogP) is 3.06. The second-order valence-electron chi connectivity index (χ2n) is 4.37. The zero-order valence-corrected chi connectivity index (χ0v) is 13.4. The minimum atomic E-state index is -0.888. The van der Waals surface area contributed by atoms with E-state index >= 15 is 0 Å². The van der Waals surface area contributed by atoms with Crippen molar-refractivity contribution in [2.75, 3.05) is 6.54 Å². The average Bonchev–Trinajstić information content (AvgIpc) is 2.45. The maximum Gasteiger partial charge on any atom is 0.331 e. The lowest BCUT2D eigenvalue weighted by molar-refractivity contribution is -0.150. The number of amides is 1. The van der Waals surface area contributed by atoms with Gasteiger partial charge in [0.05, 0.1) is 0 Å². The standard InChI is InChI=1S/C15H17BrFNO3/c1-3-8-18-15(20)10(2)21-14(19)7-4-11-9-12(16)5-6-13(11)17/h4-7,9-10H,3,8H2,1-2H3,(H,18,20)/b7-4+. The van der Waals surface area contributed by atoms with Crippen LogP contribution in [-0.4, -0.2) is 24.5 Å². The summed E-state index contributed by atoms with van der Waals surface area (Å²) in [7, 11) is 0. The van der Waals surface area contributed by atoms with E-state index in [1.54, 1.807) is 6.07 Å². The number of rotatable bonds is 6. The molecule has 1 atom stereocenters. The van der Waals surface area contributed by atoms with Crippen molar-refractivity contribution >= 4 is 33.9 Å². The Kier molecular flexibility index (Phi) is 7.08. The minimum Gasteiger partial charge on any atom is -0.449 e. The topological polar surface area (TPSA) is 55.4 Å². The average molecular weight is 358 g/mol. The molecular weight excluding hydrogens is 341 g/mol. The van der Waals surface area contributed by atoms with Gasteiger partial charge in [-0.15, -0.1) is 0 Å². The molecule has 0 heterocycles. The molecule has 0 saturated carbocycles. The van der Waals surface area contributed by atoms with Crippen molar-refractivity contribution in [2.45, 2.75) is 26.4 Å². The molecular formula is C15H17BrFNO3.